The van der Waals surface area contributed by atoms with Crippen molar-refractivity contribution in [2.75, 3.05) is 7.11 Å². The van der Waals surface area contributed by atoms with Gasteiger partial charge in [0.15, 0.2) is 0 Å². The van der Waals surface area contributed by atoms with Crippen LogP contribution in [0.2, 0.25) is 0 Å². The number of hydrogen-bond acceptors (Lipinski definition) is 4. The molecule has 4 heteroatoms. The maximum Gasteiger partial charge on any atom is 0.311 e. The third-order valence-corrected chi connectivity index (χ3v) is 2.63. The first-order valence-electron chi connectivity index (χ1n) is 5.54. The van der Waals surface area contributed by atoms with Crippen LogP contribution in [-0.4, -0.2) is 18.9 Å². The van der Waals surface area contributed by atoms with Crippen LogP contribution in [0.5, 0.6) is 5.75 Å². The third kappa shape index (κ3) is 2.77. The summed E-state index contributed by atoms with van der Waals surface area (Å²) in [5.74, 6) is -0.312. The highest BCUT2D eigenvalue weighted by Gasteiger charge is 2.35. The molecule has 0 N–H and O–H groups in total. The SMILES string of the molecule is COc1ccc(C2CC(=O)OC(C)(C)O2)cc1. The van der Waals surface area contributed by atoms with Crippen LogP contribution in [0, 0.1) is 0 Å². The lowest BCUT2D eigenvalue weighted by molar-refractivity contribution is -0.259. The molecular formula is C13H16O4. The van der Waals surface area contributed by atoms with E-state index in [1.807, 2.05) is 24.3 Å². The van der Waals surface area contributed by atoms with Crippen LogP contribution < -0.4 is 4.74 Å². The van der Waals surface area contributed by atoms with E-state index in [9.17, 15) is 4.79 Å². The Labute approximate surface area is 100 Å². The molecule has 2 rings (SSSR count). The van der Waals surface area contributed by atoms with E-state index in [2.05, 4.69) is 0 Å². The second-order valence-electron chi connectivity index (χ2n) is 4.46. The molecule has 1 atom stereocenters. The van der Waals surface area contributed by atoms with Gasteiger partial charge in [-0.3, -0.25) is 4.79 Å². The van der Waals surface area contributed by atoms with Gasteiger partial charge >= 0.3 is 5.97 Å². The lowest BCUT2D eigenvalue weighted by Gasteiger charge is -2.35. The number of esters is 1. The number of carbonyl (C=O) groups excluding carboxylic acids is 1. The van der Waals surface area contributed by atoms with Crippen LogP contribution in [0.4, 0.5) is 0 Å². The molecule has 1 aliphatic heterocycles. The Morgan fingerprint density at radius 3 is 2.47 bits per heavy atom. The van der Waals surface area contributed by atoms with E-state index in [1.165, 1.54) is 0 Å². The topological polar surface area (TPSA) is 44.8 Å². The van der Waals surface area contributed by atoms with Crippen molar-refractivity contribution in [3.8, 4) is 5.75 Å². The van der Waals surface area contributed by atoms with Gasteiger partial charge in [-0.1, -0.05) is 12.1 Å². The van der Waals surface area contributed by atoms with E-state index in [0.717, 1.165) is 11.3 Å². The molecule has 0 radical (unpaired) electrons. The summed E-state index contributed by atoms with van der Waals surface area (Å²) in [5, 5.41) is 0. The van der Waals surface area contributed by atoms with Crippen LogP contribution in [0.3, 0.4) is 0 Å². The van der Waals surface area contributed by atoms with Crippen LogP contribution in [0.1, 0.15) is 31.9 Å². The molecule has 0 spiro atoms. The van der Waals surface area contributed by atoms with Gasteiger partial charge in [-0.25, -0.2) is 0 Å². The maximum atomic E-state index is 11.5. The standard InChI is InChI=1S/C13H16O4/c1-13(2)16-11(8-12(14)17-13)9-4-6-10(15-3)7-5-9/h4-7,11H,8H2,1-3H3. The molecule has 1 aromatic rings. The first-order chi connectivity index (χ1) is 8.00. The molecule has 0 saturated carbocycles. The van der Waals surface area contributed by atoms with Gasteiger partial charge < -0.3 is 14.2 Å². The van der Waals surface area contributed by atoms with Gasteiger partial charge in [0.05, 0.1) is 19.6 Å². The Morgan fingerprint density at radius 1 is 1.29 bits per heavy atom. The van der Waals surface area contributed by atoms with Gasteiger partial charge in [-0.15, -0.1) is 0 Å². The minimum atomic E-state index is -0.861. The molecule has 1 fully saturated rings. The number of benzene rings is 1. The zero-order valence-electron chi connectivity index (χ0n) is 10.2. The molecule has 1 saturated heterocycles. The number of carbonyl (C=O) groups is 1. The molecule has 92 valence electrons. The predicted octanol–water partition coefficient (Wildman–Crippen LogP) is 2.44. The summed E-state index contributed by atoms with van der Waals surface area (Å²) in [4.78, 5) is 11.5. The summed E-state index contributed by atoms with van der Waals surface area (Å²) in [7, 11) is 1.62. The van der Waals surface area contributed by atoms with E-state index >= 15 is 0 Å². The molecule has 0 bridgehead atoms. The third-order valence-electron chi connectivity index (χ3n) is 2.63. The number of rotatable bonds is 2. The van der Waals surface area contributed by atoms with E-state index in [4.69, 9.17) is 14.2 Å². The van der Waals surface area contributed by atoms with Crippen molar-refractivity contribution in [2.45, 2.75) is 32.2 Å². The largest absolute Gasteiger partial charge is 0.497 e. The number of ether oxygens (including phenoxy) is 3. The zero-order valence-corrected chi connectivity index (χ0v) is 10.2. The van der Waals surface area contributed by atoms with Crippen LogP contribution >= 0.6 is 0 Å². The fourth-order valence-electron chi connectivity index (χ4n) is 1.88. The number of hydrogen-bond donors (Lipinski definition) is 0. The summed E-state index contributed by atoms with van der Waals surface area (Å²) in [6, 6.07) is 7.51. The smallest absolute Gasteiger partial charge is 0.311 e. The van der Waals surface area contributed by atoms with Crippen molar-refractivity contribution in [2.24, 2.45) is 0 Å². The Bertz CT molecular complexity index is 408. The molecular weight excluding hydrogens is 220 g/mol. The normalized spacial score (nSPS) is 23.0. The van der Waals surface area contributed by atoms with Crippen LogP contribution in [-0.2, 0) is 14.3 Å². The van der Waals surface area contributed by atoms with Crippen molar-refractivity contribution < 1.29 is 19.0 Å². The quantitative estimate of drug-likeness (QED) is 0.740. The molecule has 1 aromatic carbocycles. The van der Waals surface area contributed by atoms with Gasteiger partial charge in [0.2, 0.25) is 5.79 Å². The lowest BCUT2D eigenvalue weighted by Crippen LogP contribution is -2.38. The molecule has 1 heterocycles. The Hall–Kier alpha value is -1.55. The van der Waals surface area contributed by atoms with Crippen LogP contribution in [0.25, 0.3) is 0 Å². The highest BCUT2D eigenvalue weighted by Crippen LogP contribution is 2.33. The number of cyclic esters (lactones) is 1. The van der Waals surface area contributed by atoms with Crippen LogP contribution in [0.15, 0.2) is 24.3 Å². The monoisotopic (exact) mass is 236 g/mol. The van der Waals surface area contributed by atoms with Gasteiger partial charge in [0, 0.05) is 13.8 Å². The van der Waals surface area contributed by atoms with Crippen molar-refractivity contribution in [3.63, 3.8) is 0 Å². The van der Waals surface area contributed by atoms with E-state index in [0.29, 0.717) is 0 Å². The second kappa shape index (κ2) is 4.37. The molecule has 17 heavy (non-hydrogen) atoms. The first kappa shape index (κ1) is 11.9. The van der Waals surface area contributed by atoms with Crippen molar-refractivity contribution >= 4 is 5.97 Å². The minimum absolute atomic E-state index is 0.234. The summed E-state index contributed by atoms with van der Waals surface area (Å²) in [5.41, 5.74) is 0.954. The molecule has 4 nitrogen and oxygen atoms in total. The Kier molecular flexibility index (Phi) is 3.07. The predicted molar refractivity (Wildman–Crippen MR) is 61.6 cm³/mol. The summed E-state index contributed by atoms with van der Waals surface area (Å²) in [6.45, 7) is 3.47. The van der Waals surface area contributed by atoms with Gasteiger partial charge in [0.25, 0.3) is 0 Å². The van der Waals surface area contributed by atoms with Gasteiger partial charge in [-0.05, 0) is 17.7 Å². The lowest BCUT2D eigenvalue weighted by atomic mass is 10.0. The molecule has 0 aromatic heterocycles. The van der Waals surface area contributed by atoms with Crippen molar-refractivity contribution in [1.82, 2.24) is 0 Å². The Balaban J connectivity index is 2.18. The fourth-order valence-corrected chi connectivity index (χ4v) is 1.88. The van der Waals surface area contributed by atoms with Crippen molar-refractivity contribution in [1.29, 1.82) is 0 Å². The molecule has 0 amide bonds. The van der Waals surface area contributed by atoms with E-state index in [-0.39, 0.29) is 18.5 Å². The first-order valence-corrected chi connectivity index (χ1v) is 5.54. The van der Waals surface area contributed by atoms with Crippen molar-refractivity contribution in [3.05, 3.63) is 29.8 Å². The Morgan fingerprint density at radius 2 is 1.94 bits per heavy atom. The average molecular weight is 236 g/mol. The fraction of sp³-hybridized carbons (Fsp3) is 0.462. The molecule has 0 aliphatic carbocycles. The maximum absolute atomic E-state index is 11.5. The summed E-state index contributed by atoms with van der Waals surface area (Å²) in [6.07, 6.45) is -0.00684. The molecule has 1 aliphatic rings. The van der Waals surface area contributed by atoms with Gasteiger partial charge in [-0.2, -0.15) is 0 Å². The number of methoxy groups -OCH3 is 1. The highest BCUT2D eigenvalue weighted by atomic mass is 16.7. The highest BCUT2D eigenvalue weighted by molar-refractivity contribution is 5.71. The summed E-state index contributed by atoms with van der Waals surface area (Å²) < 4.78 is 15.9. The average Bonchev–Trinajstić information content (AvgIpc) is 2.26. The zero-order chi connectivity index (χ0) is 12.5. The molecule has 1 unspecified atom stereocenters. The van der Waals surface area contributed by atoms with E-state index in [1.54, 1.807) is 21.0 Å². The second-order valence-corrected chi connectivity index (χ2v) is 4.46. The van der Waals surface area contributed by atoms with Gasteiger partial charge in [0.1, 0.15) is 5.75 Å². The minimum Gasteiger partial charge on any atom is -0.497 e. The van der Waals surface area contributed by atoms with E-state index < -0.39 is 5.79 Å². The summed E-state index contributed by atoms with van der Waals surface area (Å²) >= 11 is 0.